The first kappa shape index (κ1) is 61.6. The number of isothiocyanates is 1. The molecular weight excluding hydrogens is 1090 g/mol. The molecule has 3 amide bonds. The average Bonchev–Trinajstić information content (AvgIpc) is 2.61. The number of carboxylic acids is 3. The number of nitrogens with one attached hydrogen (secondary N) is 3. The number of nitrogens with zero attached hydrogens (tertiary/aromatic N) is 5. The van der Waals surface area contributed by atoms with Gasteiger partial charge in [-0.05, 0) is 74.4 Å². The molecule has 3 saturated heterocycles. The minimum absolute atomic E-state index is 0.0484. The van der Waals surface area contributed by atoms with Crippen LogP contribution in [0.3, 0.4) is 0 Å². The number of aldehydes is 1. The highest BCUT2D eigenvalue weighted by molar-refractivity contribution is 7.66. The van der Waals surface area contributed by atoms with Crippen molar-refractivity contribution in [1.82, 2.24) is 16.0 Å². The van der Waals surface area contributed by atoms with Crippen molar-refractivity contribution in [2.75, 3.05) is 78.5 Å². The van der Waals surface area contributed by atoms with Gasteiger partial charge in [0.15, 0.2) is 25.2 Å². The number of fused-ring (bicyclic) bond motifs is 6. The lowest BCUT2D eigenvalue weighted by molar-refractivity contribution is -1.22. The highest BCUT2D eigenvalue weighted by Gasteiger charge is 2.74. The summed E-state index contributed by atoms with van der Waals surface area (Å²) >= 11 is 0.911. The Bertz CT molecular complexity index is 2960. The molecule has 1 spiro atoms. The molecule has 446 valence electrons. The normalized spacial score (nSPS) is 22.5. The molecule has 83 heavy (non-hydrogen) atoms. The van der Waals surface area contributed by atoms with E-state index in [2.05, 4.69) is 30.5 Å². The first-order valence-corrected chi connectivity index (χ1v) is 29.7. The number of phenolic OH excluding ortho intramolecular Hbond substituents is 2. The molecule has 3 fully saturated rings. The van der Waals surface area contributed by atoms with Gasteiger partial charge >= 0.3 is 30.2 Å². The predicted molar refractivity (Wildman–Crippen MR) is 302 cm³/mol. The molecule has 0 bridgehead atoms. The number of ether oxygens (including phenoxy) is 2. The van der Waals surface area contributed by atoms with Crippen molar-refractivity contribution in [3.05, 3.63) is 76.9 Å². The third kappa shape index (κ3) is 14.6. The molecule has 0 radical (unpaired) electrons. The zero-order valence-electron chi connectivity index (χ0n) is 46.8. The van der Waals surface area contributed by atoms with Gasteiger partial charge in [0, 0.05) is 85.2 Å². The molecule has 5 aliphatic rings. The highest BCUT2D eigenvalue weighted by Crippen LogP contribution is 2.57. The van der Waals surface area contributed by atoms with Crippen LogP contribution in [-0.4, -0.2) is 183 Å². The Morgan fingerprint density at radius 3 is 1.86 bits per heavy atom. The minimum atomic E-state index is -1.41. The lowest BCUT2D eigenvalue weighted by atomic mass is 9.77. The van der Waals surface area contributed by atoms with Crippen LogP contribution in [-0.2, 0) is 55.0 Å². The molecule has 8 N–H and O–H groups in total. The Hall–Kier alpha value is -7.50. The number of hydrogen-bond donors (Lipinski definition) is 8. The fourth-order valence-corrected chi connectivity index (χ4v) is 13.9. The Morgan fingerprint density at radius 2 is 1.25 bits per heavy atom. The number of aliphatic carboxylic acids is 3. The molecule has 0 aromatic heterocycles. The van der Waals surface area contributed by atoms with Crippen LogP contribution >= 0.6 is 0 Å². The number of phenols is 2. The second kappa shape index (κ2) is 27.7. The first-order valence-electron chi connectivity index (χ1n) is 28.9. The number of unbranched alkanes of at least 4 members (excludes halogenated alkanes) is 9. The van der Waals surface area contributed by atoms with Crippen LogP contribution in [0.25, 0.3) is 0 Å². The van der Waals surface area contributed by atoms with Crippen molar-refractivity contribution in [1.29, 1.82) is 0 Å². The number of aliphatic imine (C=N–C) groups is 1. The molecule has 8 rings (SSSR count). The molecule has 3 aromatic rings. The van der Waals surface area contributed by atoms with Crippen molar-refractivity contribution >= 4 is 69.9 Å². The van der Waals surface area contributed by atoms with E-state index in [9.17, 15) is 63.9 Å². The number of carboxylic acid groups (broad SMARTS) is 3. The largest absolute Gasteiger partial charge is 0.508 e. The smallest absolute Gasteiger partial charge is 0.359 e. The second-order valence-corrected chi connectivity index (χ2v) is 23.5. The van der Waals surface area contributed by atoms with Gasteiger partial charge in [-0.3, -0.25) is 19.2 Å². The fourth-order valence-electron chi connectivity index (χ4n) is 13.5. The highest BCUT2D eigenvalue weighted by atomic mass is 32.1. The summed E-state index contributed by atoms with van der Waals surface area (Å²) in [7, 11) is 0. The molecule has 3 atom stereocenters. The predicted octanol–water partition coefficient (Wildman–Crippen LogP) is 5.27. The zero-order chi connectivity index (χ0) is 59.2. The third-order valence-electron chi connectivity index (χ3n) is 17.1. The first-order chi connectivity index (χ1) is 39.9. The Labute approximate surface area is 485 Å². The molecule has 23 nitrogen and oxygen atoms in total. The van der Waals surface area contributed by atoms with Crippen LogP contribution in [0.5, 0.6) is 23.0 Å². The summed E-state index contributed by atoms with van der Waals surface area (Å²) in [6, 6.07) is 13.1. The van der Waals surface area contributed by atoms with E-state index >= 15 is 0 Å². The van der Waals surface area contributed by atoms with E-state index in [4.69, 9.17) is 9.47 Å². The maximum atomic E-state index is 14.4. The average molecular weight is 1170 g/mol. The van der Waals surface area contributed by atoms with Gasteiger partial charge in [0.25, 0.3) is 5.91 Å². The van der Waals surface area contributed by atoms with Gasteiger partial charge in [-0.2, -0.15) is 4.99 Å². The van der Waals surface area contributed by atoms with Gasteiger partial charge in [-0.25, -0.2) is 32.2 Å². The van der Waals surface area contributed by atoms with Gasteiger partial charge in [-0.1, -0.05) is 44.6 Å². The maximum absolute atomic E-state index is 14.4. The van der Waals surface area contributed by atoms with Gasteiger partial charge < -0.3 is 55.8 Å². The standard InChI is InChI=1S/C59H74N8O15S/c68-31-11-7-5-3-1-2-4-6-9-23-61-56(79)48(64-52(72)36-67-29-27-65(37-54(75)76)25-20-40(32-53(73)74)21-26-66(28-30-67,58(65)67)38-55(77)78)12-8-10-22-60-51(71)19-24-63-83-39-62-41-13-16-45-44(33-41)57(80)82-59(45)46-17-14-42(69)34-49(46)81-50-35-43(70)15-18-47(50)59/h13-18,31,33-35,40,48,58H,1-12,19-30,32,36-38H2,(H5-3,60,61,64,69,70,71,72,73,74,75,76,77,78,79)/p+3. The summed E-state index contributed by atoms with van der Waals surface area (Å²) < 4.78 is 16.7. The van der Waals surface area contributed by atoms with Crippen LogP contribution in [0, 0.1) is 5.92 Å². The van der Waals surface area contributed by atoms with Crippen molar-refractivity contribution in [3.63, 3.8) is 0 Å². The monoisotopic (exact) mass is 1170 g/mol. The number of esters is 1. The fraction of sp³-hybridized carbons (Fsp3) is 0.542. The topological polar surface area (TPSA) is 317 Å². The van der Waals surface area contributed by atoms with Gasteiger partial charge in [0.1, 0.15) is 61.5 Å². The molecule has 0 aliphatic carbocycles. The van der Waals surface area contributed by atoms with E-state index in [1.165, 1.54) is 24.3 Å². The molecular formula is C59H77N8O15S+3. The van der Waals surface area contributed by atoms with Crippen LogP contribution < -0.4 is 20.7 Å². The van der Waals surface area contributed by atoms with Crippen molar-refractivity contribution in [3.8, 4) is 23.0 Å². The third-order valence-corrected chi connectivity index (χ3v) is 17.6. The number of hydrogen-bond acceptors (Lipinski definition) is 14. The van der Waals surface area contributed by atoms with E-state index < -0.39 is 47.7 Å². The molecule has 5 aliphatic heterocycles. The van der Waals surface area contributed by atoms with Gasteiger partial charge in [0.05, 0.1) is 36.0 Å². The second-order valence-electron chi connectivity index (χ2n) is 22.8. The summed E-state index contributed by atoms with van der Waals surface area (Å²) in [6.07, 6.45) is 10.9. The number of carbonyl (C=O) groups excluding carboxylic acids is 5. The Balaban J connectivity index is 0.856. The molecule has 0 saturated carbocycles. The number of benzene rings is 3. The maximum Gasteiger partial charge on any atom is 0.359 e. The van der Waals surface area contributed by atoms with E-state index in [1.807, 2.05) is 0 Å². The summed E-state index contributed by atoms with van der Waals surface area (Å²) in [5, 5.41) is 62.3. The molecule has 24 heteroatoms. The van der Waals surface area contributed by atoms with Crippen LogP contribution in [0.2, 0.25) is 0 Å². The van der Waals surface area contributed by atoms with Crippen molar-refractivity contribution < 1.29 is 86.8 Å². The van der Waals surface area contributed by atoms with Crippen molar-refractivity contribution in [2.24, 2.45) is 15.3 Å². The lowest BCUT2D eigenvalue weighted by Gasteiger charge is -2.48. The van der Waals surface area contributed by atoms with Crippen molar-refractivity contribution in [2.45, 2.75) is 121 Å². The summed E-state index contributed by atoms with van der Waals surface area (Å²) in [5.74, 6) is -4.50. The van der Waals surface area contributed by atoms with Crippen LogP contribution in [0.4, 0.5) is 5.69 Å². The minimum Gasteiger partial charge on any atom is -0.508 e. The van der Waals surface area contributed by atoms with E-state index in [-0.39, 0.29) is 105 Å². The quantitative estimate of drug-likeness (QED) is 0.0105. The van der Waals surface area contributed by atoms with Gasteiger partial charge in [-0.15, -0.1) is 0 Å². The van der Waals surface area contributed by atoms with E-state index in [0.717, 1.165) is 68.8 Å². The summed E-state index contributed by atoms with van der Waals surface area (Å²) in [6.45, 7) is 2.49. The van der Waals surface area contributed by atoms with Crippen LogP contribution in [0.1, 0.15) is 130 Å². The van der Waals surface area contributed by atoms with E-state index in [0.29, 0.717) is 107 Å². The number of aromatic hydroxyl groups is 2. The van der Waals surface area contributed by atoms with E-state index in [1.54, 1.807) is 30.3 Å². The van der Waals surface area contributed by atoms with Gasteiger partial charge in [0.2, 0.25) is 11.8 Å². The molecule has 3 aromatic carbocycles. The Morgan fingerprint density at radius 1 is 0.687 bits per heavy atom. The SMILES string of the molecule is O=CCCCCCCCCCCNC(=O)C(CCCCNC(=O)CCN=S=C=Nc1ccc2c(c1)C(=O)OC21c2ccc(O)cc2Oc2cc(O)ccc21)NC(=O)C[N+]12CC[N+]3(CC(=O)O)CCC(CC(=O)O)CC[N+](CC(=O)O)(CC1)C32. The Kier molecular flexibility index (Phi) is 20.6. The summed E-state index contributed by atoms with van der Waals surface area (Å²) in [5.41, 5.74) is 0.765. The molecule has 3 unspecified atom stereocenters. The number of rotatable bonds is 30. The lowest BCUT2D eigenvalue weighted by Crippen LogP contribution is -2.74. The van der Waals surface area contributed by atoms with Crippen LogP contribution in [0.15, 0.2) is 64.0 Å². The number of carbonyl (C=O) groups is 8. The number of amides is 3. The zero-order valence-corrected chi connectivity index (χ0v) is 47.6. The molecule has 5 heterocycles. The number of quaternary nitrogens is 3. The summed E-state index contributed by atoms with van der Waals surface area (Å²) in [4.78, 5) is 107.